The van der Waals surface area contributed by atoms with Gasteiger partial charge in [-0.2, -0.15) is 0 Å². The molecule has 36 heavy (non-hydrogen) atoms. The van der Waals surface area contributed by atoms with E-state index in [1.165, 1.54) is 31.5 Å². The highest BCUT2D eigenvalue weighted by molar-refractivity contribution is 6.00. The Bertz CT molecular complexity index is 1230. The van der Waals surface area contributed by atoms with Gasteiger partial charge in [0, 0.05) is 38.7 Å². The van der Waals surface area contributed by atoms with Crippen molar-refractivity contribution in [2.45, 2.75) is 19.1 Å². The minimum absolute atomic E-state index is 0.00402. The number of amides is 1. The van der Waals surface area contributed by atoms with Gasteiger partial charge < -0.3 is 24.6 Å². The molecule has 4 rings (SSSR count). The Balaban J connectivity index is 1.52. The number of nitrogens with one attached hydrogen (secondary N) is 1. The van der Waals surface area contributed by atoms with Crippen LogP contribution in [-0.4, -0.2) is 61.6 Å². The van der Waals surface area contributed by atoms with Crippen LogP contribution in [0.15, 0.2) is 48.8 Å². The molecule has 0 saturated heterocycles. The minimum Gasteiger partial charge on any atom is -0.484 e. The van der Waals surface area contributed by atoms with E-state index in [0.717, 1.165) is 0 Å². The number of hydrogen-bond donors (Lipinski definition) is 1. The van der Waals surface area contributed by atoms with Gasteiger partial charge in [-0.05, 0) is 31.3 Å². The number of aromatic nitrogens is 2. The molecule has 190 valence electrons. The fourth-order valence-electron chi connectivity index (χ4n) is 4.08. The van der Waals surface area contributed by atoms with Crippen molar-refractivity contribution in [1.29, 1.82) is 0 Å². The fourth-order valence-corrected chi connectivity index (χ4v) is 4.08. The lowest BCUT2D eigenvalue weighted by Crippen LogP contribution is -2.33. The number of pyridine rings is 2. The van der Waals surface area contributed by atoms with Crippen molar-refractivity contribution in [2.24, 2.45) is 0 Å². The number of halogens is 2. The van der Waals surface area contributed by atoms with Gasteiger partial charge in [-0.3, -0.25) is 9.78 Å². The molecule has 0 aliphatic carbocycles. The predicted molar refractivity (Wildman–Crippen MR) is 131 cm³/mol. The van der Waals surface area contributed by atoms with E-state index < -0.39 is 11.9 Å². The average Bonchev–Trinajstić information content (AvgIpc) is 2.99. The van der Waals surface area contributed by atoms with Crippen LogP contribution in [0, 0.1) is 11.6 Å². The summed E-state index contributed by atoms with van der Waals surface area (Å²) in [6.45, 7) is 1.56. The number of carbonyl (C=O) groups excluding carboxylic acids is 1. The molecule has 2 aromatic heterocycles. The van der Waals surface area contributed by atoms with E-state index in [-0.39, 0.29) is 29.7 Å². The third-order valence-electron chi connectivity index (χ3n) is 6.09. The molecule has 10 heteroatoms. The number of carbonyl (C=O) groups is 1. The summed E-state index contributed by atoms with van der Waals surface area (Å²) in [5.41, 5.74) is 1.90. The van der Waals surface area contributed by atoms with Crippen LogP contribution in [0.3, 0.4) is 0 Å². The number of hydrogen-bond acceptors (Lipinski definition) is 7. The van der Waals surface area contributed by atoms with Crippen LogP contribution in [0.2, 0.25) is 0 Å². The fraction of sp³-hybridized carbons (Fsp3) is 0.346. The van der Waals surface area contributed by atoms with Gasteiger partial charge in [0.15, 0.2) is 0 Å². The average molecular weight is 498 g/mol. The van der Waals surface area contributed by atoms with Crippen molar-refractivity contribution in [3.63, 3.8) is 0 Å². The molecule has 1 aliphatic rings. The Morgan fingerprint density at radius 1 is 1.14 bits per heavy atom. The van der Waals surface area contributed by atoms with Gasteiger partial charge in [0.1, 0.15) is 23.5 Å². The SMILES string of the molecule is CNCCC(Oc1cnc(CN2CCN(C)c3cnc(OC)cc3C2=O)c(F)c1)c1cccc(F)c1. The zero-order valence-corrected chi connectivity index (χ0v) is 20.5. The first-order valence-corrected chi connectivity index (χ1v) is 11.6. The van der Waals surface area contributed by atoms with Gasteiger partial charge >= 0.3 is 0 Å². The Kier molecular flexibility index (Phi) is 7.94. The first-order valence-electron chi connectivity index (χ1n) is 11.6. The largest absolute Gasteiger partial charge is 0.484 e. The molecule has 1 N–H and O–H groups in total. The van der Waals surface area contributed by atoms with E-state index in [1.807, 2.05) is 19.0 Å². The molecule has 0 radical (unpaired) electrons. The van der Waals surface area contributed by atoms with Crippen molar-refractivity contribution in [3.8, 4) is 11.6 Å². The number of methoxy groups -OCH3 is 1. The smallest absolute Gasteiger partial charge is 0.256 e. The maximum Gasteiger partial charge on any atom is 0.256 e. The van der Waals surface area contributed by atoms with E-state index in [1.54, 1.807) is 29.3 Å². The van der Waals surface area contributed by atoms with Crippen LogP contribution in [0.25, 0.3) is 0 Å². The summed E-state index contributed by atoms with van der Waals surface area (Å²) in [5.74, 6) is -0.654. The lowest BCUT2D eigenvalue weighted by atomic mass is 10.1. The molecule has 1 aliphatic heterocycles. The maximum absolute atomic E-state index is 15.1. The second-order valence-electron chi connectivity index (χ2n) is 8.55. The normalized spacial score (nSPS) is 14.3. The van der Waals surface area contributed by atoms with Crippen LogP contribution in [0.1, 0.15) is 34.1 Å². The Morgan fingerprint density at radius 2 is 1.97 bits per heavy atom. The summed E-state index contributed by atoms with van der Waals surface area (Å²) in [7, 11) is 5.17. The summed E-state index contributed by atoms with van der Waals surface area (Å²) >= 11 is 0. The molecule has 3 heterocycles. The molecule has 3 aromatic rings. The predicted octanol–water partition coefficient (Wildman–Crippen LogP) is 3.59. The van der Waals surface area contributed by atoms with Crippen molar-refractivity contribution in [3.05, 3.63) is 77.2 Å². The van der Waals surface area contributed by atoms with E-state index >= 15 is 4.39 Å². The summed E-state index contributed by atoms with van der Waals surface area (Å²) in [6, 6.07) is 8.99. The standard InChI is InChI=1S/C26H29F2N5O3/c1-29-8-7-24(17-5-4-6-18(27)11-17)36-19-12-21(28)22(30-14-19)16-33-10-9-32(2)23-15-31-25(35-3)13-20(23)26(33)34/h4-6,11-15,24,29H,7-10,16H2,1-3H3. The molecule has 1 atom stereocenters. The van der Waals surface area contributed by atoms with E-state index in [9.17, 15) is 9.18 Å². The summed E-state index contributed by atoms with van der Waals surface area (Å²) < 4.78 is 40.0. The van der Waals surface area contributed by atoms with E-state index in [4.69, 9.17) is 9.47 Å². The van der Waals surface area contributed by atoms with Gasteiger partial charge in [0.25, 0.3) is 5.91 Å². The Hall–Kier alpha value is -3.79. The molecule has 1 aromatic carbocycles. The zero-order chi connectivity index (χ0) is 25.7. The van der Waals surface area contributed by atoms with Crippen LogP contribution < -0.4 is 19.7 Å². The lowest BCUT2D eigenvalue weighted by Gasteiger charge is -2.22. The summed E-state index contributed by atoms with van der Waals surface area (Å²) in [4.78, 5) is 25.2. The van der Waals surface area contributed by atoms with Crippen molar-refractivity contribution in [1.82, 2.24) is 20.2 Å². The van der Waals surface area contributed by atoms with Crippen molar-refractivity contribution in [2.75, 3.05) is 45.7 Å². The molecule has 0 fully saturated rings. The minimum atomic E-state index is -0.586. The number of rotatable bonds is 9. The topological polar surface area (TPSA) is 79.8 Å². The molecular formula is C26H29F2N5O3. The van der Waals surface area contributed by atoms with Gasteiger partial charge in [0.2, 0.25) is 5.88 Å². The Morgan fingerprint density at radius 3 is 2.69 bits per heavy atom. The second-order valence-corrected chi connectivity index (χ2v) is 8.55. The number of benzene rings is 1. The van der Waals surface area contributed by atoms with Gasteiger partial charge in [-0.1, -0.05) is 12.1 Å². The molecular weight excluding hydrogens is 468 g/mol. The lowest BCUT2D eigenvalue weighted by molar-refractivity contribution is 0.0750. The zero-order valence-electron chi connectivity index (χ0n) is 20.5. The molecule has 1 unspecified atom stereocenters. The highest BCUT2D eigenvalue weighted by atomic mass is 19.1. The molecule has 0 spiro atoms. The quantitative estimate of drug-likeness (QED) is 0.484. The third kappa shape index (κ3) is 5.71. The molecule has 0 bridgehead atoms. The van der Waals surface area contributed by atoms with Crippen LogP contribution >= 0.6 is 0 Å². The molecule has 0 saturated carbocycles. The van der Waals surface area contributed by atoms with Gasteiger partial charge in [0.05, 0.1) is 43.0 Å². The van der Waals surface area contributed by atoms with E-state index in [2.05, 4.69) is 15.3 Å². The monoisotopic (exact) mass is 497 g/mol. The maximum atomic E-state index is 15.1. The third-order valence-corrected chi connectivity index (χ3v) is 6.09. The van der Waals surface area contributed by atoms with E-state index in [0.29, 0.717) is 48.7 Å². The number of ether oxygens (including phenoxy) is 2. The van der Waals surface area contributed by atoms with Gasteiger partial charge in [-0.25, -0.2) is 13.8 Å². The summed E-state index contributed by atoms with van der Waals surface area (Å²) in [6.07, 6.45) is 3.10. The number of likely N-dealkylation sites (N-methyl/N-ethyl adjacent to an activating group) is 1. The van der Waals surface area contributed by atoms with Gasteiger partial charge in [-0.15, -0.1) is 0 Å². The molecule has 8 nitrogen and oxygen atoms in total. The molecule has 1 amide bonds. The van der Waals surface area contributed by atoms with Crippen LogP contribution in [-0.2, 0) is 6.54 Å². The first kappa shape index (κ1) is 25.3. The van der Waals surface area contributed by atoms with Crippen molar-refractivity contribution < 1.29 is 23.0 Å². The first-order chi connectivity index (χ1) is 17.4. The Labute approximate surface area is 208 Å². The number of fused-ring (bicyclic) bond motifs is 1. The summed E-state index contributed by atoms with van der Waals surface area (Å²) in [5, 5.41) is 3.04. The number of nitrogens with zero attached hydrogens (tertiary/aromatic N) is 4. The van der Waals surface area contributed by atoms with Crippen LogP contribution in [0.5, 0.6) is 11.6 Å². The number of anilines is 1. The second kappa shape index (κ2) is 11.3. The van der Waals surface area contributed by atoms with Crippen molar-refractivity contribution >= 4 is 11.6 Å². The van der Waals surface area contributed by atoms with Crippen LogP contribution in [0.4, 0.5) is 14.5 Å². The highest BCUT2D eigenvalue weighted by Gasteiger charge is 2.27. The highest BCUT2D eigenvalue weighted by Crippen LogP contribution is 2.29.